The highest BCUT2D eigenvalue weighted by atomic mass is 32.2. The monoisotopic (exact) mass is 338 g/mol. The van der Waals surface area contributed by atoms with Crippen LogP contribution in [0, 0.1) is 28.9 Å². The van der Waals surface area contributed by atoms with Gasteiger partial charge < -0.3 is 10.3 Å². The smallest absolute Gasteiger partial charge is 0.231 e. The number of H-pyrrole nitrogens is 1. The van der Waals surface area contributed by atoms with Gasteiger partial charge in [-0.2, -0.15) is 5.26 Å². The van der Waals surface area contributed by atoms with E-state index in [0.29, 0.717) is 10.7 Å². The summed E-state index contributed by atoms with van der Waals surface area (Å²) in [5, 5.41) is 12.2. The number of nitrogens with zero attached hydrogens (tertiary/aromatic N) is 2. The minimum absolute atomic E-state index is 0.0365. The molecule has 0 aliphatic carbocycles. The molecule has 1 heterocycles. The van der Waals surface area contributed by atoms with Gasteiger partial charge in [-0.25, -0.2) is 13.8 Å². The first kappa shape index (κ1) is 17.2. The van der Waals surface area contributed by atoms with Gasteiger partial charge in [0.05, 0.1) is 22.9 Å². The van der Waals surface area contributed by atoms with Crippen LogP contribution in [0.15, 0.2) is 17.3 Å². The van der Waals surface area contributed by atoms with Gasteiger partial charge in [-0.05, 0) is 12.8 Å². The van der Waals surface area contributed by atoms with E-state index in [1.807, 2.05) is 13.8 Å². The lowest BCUT2D eigenvalue weighted by Gasteiger charge is -2.27. The van der Waals surface area contributed by atoms with E-state index in [0.717, 1.165) is 23.9 Å². The third-order valence-corrected chi connectivity index (χ3v) is 4.50. The molecule has 0 aliphatic rings. The molecule has 2 N–H and O–H groups in total. The molecule has 2 aromatic rings. The van der Waals surface area contributed by atoms with Gasteiger partial charge >= 0.3 is 0 Å². The minimum atomic E-state index is -0.972. The summed E-state index contributed by atoms with van der Waals surface area (Å²) in [6, 6.07) is 4.11. The van der Waals surface area contributed by atoms with E-state index < -0.39 is 17.2 Å². The van der Waals surface area contributed by atoms with Crippen LogP contribution in [0.5, 0.6) is 0 Å². The largest absolute Gasteiger partial charge is 0.337 e. The standard InChI is InChI=1S/C15H16F2N4OS/c1-8(2)15(3,7-18)21-13(22)6-23-14-19-11-4-9(16)10(17)5-12(11)20-14/h4-5,8H,6H2,1-3H3,(H,19,20)(H,21,22). The molecule has 0 fully saturated rings. The predicted molar refractivity (Wildman–Crippen MR) is 83.7 cm³/mol. The highest BCUT2D eigenvalue weighted by molar-refractivity contribution is 7.99. The van der Waals surface area contributed by atoms with E-state index in [1.54, 1.807) is 6.92 Å². The number of halogens is 2. The molecular formula is C15H16F2N4OS. The lowest BCUT2D eigenvalue weighted by Crippen LogP contribution is -2.49. The van der Waals surface area contributed by atoms with Gasteiger partial charge in [-0.1, -0.05) is 25.6 Å². The number of nitrogens with one attached hydrogen (secondary N) is 2. The molecule has 0 radical (unpaired) electrons. The average molecular weight is 338 g/mol. The number of nitriles is 1. The van der Waals surface area contributed by atoms with Gasteiger partial charge in [0.1, 0.15) is 5.54 Å². The zero-order valence-corrected chi connectivity index (χ0v) is 13.7. The summed E-state index contributed by atoms with van der Waals surface area (Å²) in [5.74, 6) is -2.25. The van der Waals surface area contributed by atoms with Crippen molar-refractivity contribution in [3.8, 4) is 6.07 Å². The fourth-order valence-corrected chi connectivity index (χ4v) is 2.50. The van der Waals surface area contributed by atoms with Crippen LogP contribution in [-0.2, 0) is 4.79 Å². The van der Waals surface area contributed by atoms with Crippen molar-refractivity contribution in [1.82, 2.24) is 15.3 Å². The molecule has 122 valence electrons. The maximum atomic E-state index is 13.1. The van der Waals surface area contributed by atoms with Crippen molar-refractivity contribution in [3.05, 3.63) is 23.8 Å². The molecule has 1 unspecified atom stereocenters. The van der Waals surface area contributed by atoms with Crippen molar-refractivity contribution in [1.29, 1.82) is 5.26 Å². The molecule has 0 spiro atoms. The van der Waals surface area contributed by atoms with E-state index in [4.69, 9.17) is 0 Å². The Morgan fingerprint density at radius 3 is 2.74 bits per heavy atom. The maximum Gasteiger partial charge on any atom is 0.231 e. The number of benzene rings is 1. The summed E-state index contributed by atoms with van der Waals surface area (Å²) in [4.78, 5) is 18.9. The third-order valence-electron chi connectivity index (χ3n) is 3.63. The van der Waals surface area contributed by atoms with Crippen LogP contribution in [0.4, 0.5) is 8.78 Å². The SMILES string of the molecule is CC(C)C(C)(C#N)NC(=O)CSc1nc2cc(F)c(F)cc2[nH]1. The highest BCUT2D eigenvalue weighted by Gasteiger charge is 2.29. The Morgan fingerprint density at radius 1 is 1.48 bits per heavy atom. The van der Waals surface area contributed by atoms with Crippen LogP contribution in [0.2, 0.25) is 0 Å². The molecule has 8 heteroatoms. The van der Waals surface area contributed by atoms with Crippen LogP contribution < -0.4 is 5.32 Å². The first-order valence-electron chi connectivity index (χ1n) is 6.95. The summed E-state index contributed by atoms with van der Waals surface area (Å²) < 4.78 is 26.3. The van der Waals surface area contributed by atoms with Crippen molar-refractivity contribution in [2.75, 3.05) is 5.75 Å². The van der Waals surface area contributed by atoms with Crippen molar-refractivity contribution in [3.63, 3.8) is 0 Å². The predicted octanol–water partition coefficient (Wildman–Crippen LogP) is 2.99. The fourth-order valence-electron chi connectivity index (χ4n) is 1.81. The number of hydrogen-bond acceptors (Lipinski definition) is 4. The van der Waals surface area contributed by atoms with Gasteiger partial charge in [0.2, 0.25) is 5.91 Å². The zero-order chi connectivity index (χ0) is 17.2. The number of carbonyl (C=O) groups excluding carboxylic acids is 1. The van der Waals surface area contributed by atoms with Crippen molar-refractivity contribution in [2.45, 2.75) is 31.5 Å². The van der Waals surface area contributed by atoms with E-state index in [9.17, 15) is 18.8 Å². The summed E-state index contributed by atoms with van der Waals surface area (Å²) in [6.07, 6.45) is 0. The minimum Gasteiger partial charge on any atom is -0.337 e. The number of imidazole rings is 1. The second-order valence-corrected chi connectivity index (χ2v) is 6.60. The number of aromatic amines is 1. The maximum absolute atomic E-state index is 13.1. The normalized spacial score (nSPS) is 13.8. The first-order valence-corrected chi connectivity index (χ1v) is 7.93. The molecule has 1 aromatic heterocycles. The number of fused-ring (bicyclic) bond motifs is 1. The molecule has 0 aliphatic heterocycles. The summed E-state index contributed by atoms with van der Waals surface area (Å²) in [7, 11) is 0. The van der Waals surface area contributed by atoms with Crippen LogP contribution in [-0.4, -0.2) is 27.2 Å². The molecule has 23 heavy (non-hydrogen) atoms. The average Bonchev–Trinajstić information content (AvgIpc) is 2.87. The van der Waals surface area contributed by atoms with Crippen molar-refractivity contribution in [2.24, 2.45) is 5.92 Å². The number of thioether (sulfide) groups is 1. The summed E-state index contributed by atoms with van der Waals surface area (Å²) >= 11 is 1.10. The molecule has 1 aromatic carbocycles. The molecule has 0 saturated carbocycles. The third kappa shape index (κ3) is 3.79. The fraction of sp³-hybridized carbons (Fsp3) is 0.400. The second-order valence-electron chi connectivity index (χ2n) is 5.63. The van der Waals surface area contributed by atoms with Crippen LogP contribution in [0.25, 0.3) is 11.0 Å². The van der Waals surface area contributed by atoms with Gasteiger partial charge in [0, 0.05) is 12.1 Å². The van der Waals surface area contributed by atoms with Crippen LogP contribution in [0.3, 0.4) is 0 Å². The number of hydrogen-bond donors (Lipinski definition) is 2. The summed E-state index contributed by atoms with van der Waals surface area (Å²) in [5.41, 5.74) is -0.302. The zero-order valence-electron chi connectivity index (χ0n) is 12.9. The van der Waals surface area contributed by atoms with Gasteiger partial charge in [0.25, 0.3) is 0 Å². The van der Waals surface area contributed by atoms with Gasteiger partial charge in [0.15, 0.2) is 16.8 Å². The van der Waals surface area contributed by atoms with E-state index in [2.05, 4.69) is 21.4 Å². The molecular weight excluding hydrogens is 322 g/mol. The molecule has 1 amide bonds. The Labute approximate surface area is 136 Å². The lowest BCUT2D eigenvalue weighted by molar-refractivity contribution is -0.120. The van der Waals surface area contributed by atoms with E-state index in [-0.39, 0.29) is 23.1 Å². The Balaban J connectivity index is 2.04. The van der Waals surface area contributed by atoms with Gasteiger partial charge in [-0.15, -0.1) is 0 Å². The molecule has 0 saturated heterocycles. The number of rotatable bonds is 5. The second kappa shape index (κ2) is 6.54. The highest BCUT2D eigenvalue weighted by Crippen LogP contribution is 2.22. The topological polar surface area (TPSA) is 81.6 Å². The van der Waals surface area contributed by atoms with Crippen molar-refractivity contribution < 1.29 is 13.6 Å². The molecule has 5 nitrogen and oxygen atoms in total. The Morgan fingerprint density at radius 2 is 2.13 bits per heavy atom. The quantitative estimate of drug-likeness (QED) is 0.821. The summed E-state index contributed by atoms with van der Waals surface area (Å²) in [6.45, 7) is 5.35. The van der Waals surface area contributed by atoms with Crippen LogP contribution >= 0.6 is 11.8 Å². The van der Waals surface area contributed by atoms with E-state index >= 15 is 0 Å². The molecule has 1 atom stereocenters. The Hall–Kier alpha value is -2.14. The number of amides is 1. The van der Waals surface area contributed by atoms with Crippen LogP contribution in [0.1, 0.15) is 20.8 Å². The Kier molecular flexibility index (Phi) is 4.90. The first-order chi connectivity index (χ1) is 10.7. The molecule has 0 bridgehead atoms. The van der Waals surface area contributed by atoms with E-state index in [1.165, 1.54) is 0 Å². The lowest BCUT2D eigenvalue weighted by atomic mass is 9.90. The van der Waals surface area contributed by atoms with Gasteiger partial charge in [-0.3, -0.25) is 4.79 Å². The van der Waals surface area contributed by atoms with Crippen molar-refractivity contribution >= 4 is 28.7 Å². The molecule has 2 rings (SSSR count). The number of aromatic nitrogens is 2. The Bertz CT molecular complexity index is 745. The number of carbonyl (C=O) groups is 1.